The molecule has 0 saturated carbocycles. The van der Waals surface area contributed by atoms with Crippen molar-refractivity contribution in [1.82, 2.24) is 18.3 Å². The van der Waals surface area contributed by atoms with E-state index in [-0.39, 0.29) is 23.1 Å². The molecule has 10 nitrogen and oxygen atoms in total. The molecule has 2 heterocycles. The molecule has 2 rings (SSSR count). The largest absolute Gasteiger partial charge is 0.493 e. The lowest BCUT2D eigenvalue weighted by Crippen LogP contribution is -2.37. The van der Waals surface area contributed by atoms with Gasteiger partial charge in [0.05, 0.1) is 12.4 Å². The van der Waals surface area contributed by atoms with Gasteiger partial charge in [0, 0.05) is 50.6 Å². The Morgan fingerprint density at radius 2 is 1.09 bits per heavy atom. The predicted molar refractivity (Wildman–Crippen MR) is 126 cm³/mol. The van der Waals surface area contributed by atoms with Crippen LogP contribution >= 0.6 is 0 Å². The van der Waals surface area contributed by atoms with Gasteiger partial charge in [-0.15, -0.1) is 0 Å². The number of rotatable bonds is 14. The van der Waals surface area contributed by atoms with Crippen molar-refractivity contribution in [3.05, 3.63) is 33.4 Å². The maximum Gasteiger partial charge on any atom is 0.331 e. The smallest absolute Gasteiger partial charge is 0.331 e. The molecule has 0 saturated heterocycles. The van der Waals surface area contributed by atoms with Crippen LogP contribution in [-0.4, -0.2) is 54.9 Å². The van der Waals surface area contributed by atoms with Gasteiger partial charge in [-0.05, 0) is 60.8 Å². The number of hydrogen-bond donors (Lipinski definition) is 2. The van der Waals surface area contributed by atoms with E-state index in [1.165, 1.54) is 30.7 Å². The first kappa shape index (κ1) is 26.8. The van der Waals surface area contributed by atoms with Crippen molar-refractivity contribution in [2.75, 3.05) is 26.4 Å². The summed E-state index contributed by atoms with van der Waals surface area (Å²) in [6, 6.07) is 0. The van der Waals surface area contributed by atoms with E-state index < -0.39 is 11.1 Å². The fourth-order valence-electron chi connectivity index (χ4n) is 3.88. The maximum absolute atomic E-state index is 12.4. The average Bonchev–Trinajstić information content (AvgIpc) is 3.20. The number of nitrogens with zero attached hydrogens (tertiary/aromatic N) is 4. The molecule has 0 atom stereocenters. The molecule has 0 aromatic carbocycles. The van der Waals surface area contributed by atoms with Gasteiger partial charge in [0.15, 0.2) is 0 Å². The molecular weight excluding hydrogens is 428 g/mol. The van der Waals surface area contributed by atoms with E-state index in [0.29, 0.717) is 52.4 Å². The number of hydrogen-bond acceptors (Lipinski definition) is 6. The lowest BCUT2D eigenvalue weighted by Gasteiger charge is -2.26. The fourth-order valence-corrected chi connectivity index (χ4v) is 3.88. The van der Waals surface area contributed by atoms with Crippen LogP contribution in [0.2, 0.25) is 0 Å². The van der Waals surface area contributed by atoms with Crippen LogP contribution in [0.25, 0.3) is 0 Å². The Labute approximate surface area is 195 Å². The van der Waals surface area contributed by atoms with E-state index in [1.807, 2.05) is 41.5 Å². The molecule has 0 amide bonds. The van der Waals surface area contributed by atoms with Gasteiger partial charge in [-0.2, -0.15) is 0 Å². The molecule has 0 spiro atoms. The van der Waals surface area contributed by atoms with E-state index in [9.17, 15) is 19.8 Å². The highest BCUT2D eigenvalue weighted by molar-refractivity contribution is 5.10. The predicted octanol–water partition coefficient (Wildman–Crippen LogP) is 2.44. The van der Waals surface area contributed by atoms with Crippen LogP contribution in [0.1, 0.15) is 60.8 Å². The van der Waals surface area contributed by atoms with Crippen molar-refractivity contribution in [1.29, 1.82) is 0 Å². The molecule has 33 heavy (non-hydrogen) atoms. The number of aromatic nitrogens is 4. The van der Waals surface area contributed by atoms with Gasteiger partial charge in [-0.1, -0.05) is 0 Å². The third-order valence-electron chi connectivity index (χ3n) is 6.06. The average molecular weight is 469 g/mol. The van der Waals surface area contributed by atoms with Gasteiger partial charge in [0.2, 0.25) is 11.8 Å². The molecule has 0 fully saturated rings. The topological polar surface area (TPSA) is 113 Å². The Bertz CT molecular complexity index is 931. The van der Waals surface area contributed by atoms with Crippen LogP contribution in [0.5, 0.6) is 11.8 Å². The van der Waals surface area contributed by atoms with Crippen molar-refractivity contribution < 1.29 is 19.7 Å². The molecule has 0 aliphatic heterocycles. The Morgan fingerprint density at radius 1 is 0.727 bits per heavy atom. The fraction of sp³-hybridized carbons (Fsp3) is 0.739. The summed E-state index contributed by atoms with van der Waals surface area (Å²) >= 11 is 0. The van der Waals surface area contributed by atoms with E-state index in [0.717, 1.165) is 6.42 Å². The normalized spacial score (nSPS) is 12.5. The summed E-state index contributed by atoms with van der Waals surface area (Å²) in [5.74, 6) is -0.0740. The van der Waals surface area contributed by atoms with Crippen molar-refractivity contribution in [2.24, 2.45) is 0 Å². The van der Waals surface area contributed by atoms with Gasteiger partial charge in [0.1, 0.15) is 0 Å². The molecule has 0 aliphatic rings. The first-order chi connectivity index (χ1) is 15.5. The Morgan fingerprint density at radius 3 is 1.39 bits per heavy atom. The first-order valence-electron chi connectivity index (χ1n) is 11.6. The second-order valence-corrected chi connectivity index (χ2v) is 9.49. The van der Waals surface area contributed by atoms with Crippen LogP contribution in [0.4, 0.5) is 0 Å². The van der Waals surface area contributed by atoms with Gasteiger partial charge < -0.3 is 19.7 Å². The third kappa shape index (κ3) is 6.32. The lowest BCUT2D eigenvalue weighted by atomic mass is 10.0. The highest BCUT2D eigenvalue weighted by Crippen LogP contribution is 2.24. The molecule has 10 heteroatoms. The van der Waals surface area contributed by atoms with Crippen molar-refractivity contribution in [3.63, 3.8) is 0 Å². The second-order valence-electron chi connectivity index (χ2n) is 9.49. The minimum absolute atomic E-state index is 0.0370. The highest BCUT2D eigenvalue weighted by atomic mass is 16.5. The zero-order chi connectivity index (χ0) is 24.8. The van der Waals surface area contributed by atoms with E-state index >= 15 is 0 Å². The molecule has 0 unspecified atom stereocenters. The summed E-state index contributed by atoms with van der Waals surface area (Å²) in [5, 5.41) is 20.3. The van der Waals surface area contributed by atoms with E-state index in [1.54, 1.807) is 0 Å². The molecule has 0 radical (unpaired) electrons. The summed E-state index contributed by atoms with van der Waals surface area (Å²) in [6.07, 6.45) is 4.80. The van der Waals surface area contributed by atoms with Crippen molar-refractivity contribution >= 4 is 0 Å². The Balaban J connectivity index is 1.68. The molecule has 2 aromatic heterocycles. The summed E-state index contributed by atoms with van der Waals surface area (Å²) in [6.45, 7) is 14.3. The third-order valence-corrected chi connectivity index (χ3v) is 6.06. The van der Waals surface area contributed by atoms with Gasteiger partial charge >= 0.3 is 11.4 Å². The van der Waals surface area contributed by atoms with Gasteiger partial charge in [0.25, 0.3) is 0 Å². The lowest BCUT2D eigenvalue weighted by molar-refractivity contribution is 0.0607. The monoisotopic (exact) mass is 468 g/mol. The zero-order valence-electron chi connectivity index (χ0n) is 20.8. The number of imidazole rings is 2. The minimum atomic E-state index is -0.565. The Kier molecular flexibility index (Phi) is 9.02. The quantitative estimate of drug-likeness (QED) is 0.412. The van der Waals surface area contributed by atoms with Crippen molar-refractivity contribution in [3.8, 4) is 11.8 Å². The van der Waals surface area contributed by atoms with Crippen LogP contribution in [0.3, 0.4) is 0 Å². The SMILES string of the molecule is CCn1cc(O)n(C(C)(C)CCOCCCOCCC(C)(C)n2c(O)cn(CC)c2=O)c1=O. The van der Waals surface area contributed by atoms with E-state index in [4.69, 9.17) is 9.47 Å². The first-order valence-corrected chi connectivity index (χ1v) is 11.6. The Hall–Kier alpha value is -2.46. The minimum Gasteiger partial charge on any atom is -0.493 e. The standard InChI is InChI=1S/C23H40N4O6/c1-7-24-16-18(28)26(20(24)30)22(3,4)10-14-32-12-9-13-33-15-11-23(5,6)27-19(29)17-25(8-2)21(27)31/h16-17,28-29H,7-15H2,1-6H3. The number of ether oxygens (including phenoxy) is 2. The van der Waals surface area contributed by atoms with Gasteiger partial charge in [-0.3, -0.25) is 18.3 Å². The molecule has 2 aromatic rings. The number of aromatic hydroxyl groups is 2. The summed E-state index contributed by atoms with van der Waals surface area (Å²) in [7, 11) is 0. The van der Waals surface area contributed by atoms with Crippen LogP contribution < -0.4 is 11.4 Å². The molecule has 2 N–H and O–H groups in total. The van der Waals surface area contributed by atoms with Crippen LogP contribution in [0.15, 0.2) is 22.0 Å². The van der Waals surface area contributed by atoms with Crippen LogP contribution in [-0.2, 0) is 33.6 Å². The molecular formula is C23H40N4O6. The molecule has 0 aliphatic carbocycles. The van der Waals surface area contributed by atoms with Gasteiger partial charge in [-0.25, -0.2) is 9.59 Å². The molecule has 188 valence electrons. The zero-order valence-corrected chi connectivity index (χ0v) is 20.8. The van der Waals surface area contributed by atoms with Crippen molar-refractivity contribution in [2.45, 2.75) is 85.0 Å². The maximum atomic E-state index is 12.4. The van der Waals surface area contributed by atoms with E-state index in [2.05, 4.69) is 0 Å². The summed E-state index contributed by atoms with van der Waals surface area (Å²) < 4.78 is 17.2. The highest BCUT2D eigenvalue weighted by Gasteiger charge is 2.27. The molecule has 0 bridgehead atoms. The second kappa shape index (κ2) is 11.1. The van der Waals surface area contributed by atoms with Crippen LogP contribution in [0, 0.1) is 0 Å². The summed E-state index contributed by atoms with van der Waals surface area (Å²) in [4.78, 5) is 24.8. The summed E-state index contributed by atoms with van der Waals surface area (Å²) in [5.41, 5.74) is -1.58. The number of aryl methyl sites for hydroxylation is 2.